The van der Waals surface area contributed by atoms with Gasteiger partial charge in [-0.05, 0) is 12.1 Å². The van der Waals surface area contributed by atoms with E-state index in [1.807, 2.05) is 0 Å². The summed E-state index contributed by atoms with van der Waals surface area (Å²) in [6.07, 6.45) is 0. The van der Waals surface area contributed by atoms with E-state index < -0.39 is 14.8 Å². The van der Waals surface area contributed by atoms with Crippen molar-refractivity contribution in [2.75, 3.05) is 35.7 Å². The second kappa shape index (κ2) is 9.49. The van der Waals surface area contributed by atoms with Crippen LogP contribution in [0.5, 0.6) is 0 Å². The van der Waals surface area contributed by atoms with Crippen LogP contribution in [0.2, 0.25) is 0 Å². The van der Waals surface area contributed by atoms with Crippen molar-refractivity contribution in [1.29, 1.82) is 0 Å². The Morgan fingerprint density at radius 2 is 2.13 bits per heavy atom. The topological polar surface area (TPSA) is 163 Å². The molecule has 0 amide bonds. The van der Waals surface area contributed by atoms with Gasteiger partial charge in [-0.2, -0.15) is 0 Å². The Balaban J connectivity index is 2.45. The molecular formula is C10H15N3O8S2. The van der Waals surface area contributed by atoms with Crippen molar-refractivity contribution >= 4 is 39.2 Å². The van der Waals surface area contributed by atoms with E-state index in [0.29, 0.717) is 0 Å². The molecule has 130 valence electrons. The van der Waals surface area contributed by atoms with E-state index in [9.17, 15) is 18.5 Å². The first-order valence-electron chi connectivity index (χ1n) is 6.10. The Labute approximate surface area is 136 Å². The van der Waals surface area contributed by atoms with Crippen LogP contribution in [0, 0.1) is 10.1 Å². The summed E-state index contributed by atoms with van der Waals surface area (Å²) in [6, 6.07) is 4.06. The van der Waals surface area contributed by atoms with Gasteiger partial charge in [0.05, 0.1) is 23.0 Å². The van der Waals surface area contributed by atoms with Crippen LogP contribution in [0.15, 0.2) is 18.2 Å². The molecule has 0 saturated carbocycles. The number of hydrogen-bond acceptors (Lipinski definition) is 11. The molecule has 0 fully saturated rings. The lowest BCUT2D eigenvalue weighted by Gasteiger charge is -2.08. The number of nitrogens with two attached hydrogens (primary N) is 1. The van der Waals surface area contributed by atoms with E-state index >= 15 is 0 Å². The van der Waals surface area contributed by atoms with E-state index in [2.05, 4.69) is 18.9 Å². The molecular weight excluding hydrogens is 354 g/mol. The van der Waals surface area contributed by atoms with Crippen molar-refractivity contribution in [3.8, 4) is 0 Å². The van der Waals surface area contributed by atoms with Crippen LogP contribution < -0.4 is 11.1 Å². The molecule has 0 heterocycles. The van der Waals surface area contributed by atoms with Gasteiger partial charge in [-0.3, -0.25) is 14.3 Å². The Morgan fingerprint density at radius 1 is 1.39 bits per heavy atom. The largest absolute Gasteiger partial charge is 0.399 e. The van der Waals surface area contributed by atoms with Crippen LogP contribution in [-0.2, 0) is 23.4 Å². The Hall–Kier alpha value is -1.64. The second-order valence-electron chi connectivity index (χ2n) is 4.14. The second-order valence-corrected chi connectivity index (χ2v) is 6.96. The molecule has 0 radical (unpaired) electrons. The van der Waals surface area contributed by atoms with Gasteiger partial charge in [0.25, 0.3) is 5.69 Å². The molecule has 0 aliphatic rings. The number of nitrogens with one attached hydrogen (secondary N) is 1. The molecule has 0 bridgehead atoms. The molecule has 11 nitrogen and oxygen atoms in total. The van der Waals surface area contributed by atoms with Crippen LogP contribution in [-0.4, -0.2) is 43.3 Å². The minimum Gasteiger partial charge on any atom is -0.399 e. The van der Waals surface area contributed by atoms with Crippen molar-refractivity contribution in [1.82, 2.24) is 0 Å². The first kappa shape index (κ1) is 19.4. The molecule has 0 aliphatic carbocycles. The minimum absolute atomic E-state index is 0.0174. The third-order valence-corrected chi connectivity index (χ3v) is 4.53. The molecule has 0 saturated heterocycles. The number of nitrogen functional groups attached to an aromatic ring is 1. The number of benzene rings is 1. The quantitative estimate of drug-likeness (QED) is 0.127. The van der Waals surface area contributed by atoms with Gasteiger partial charge in [-0.25, -0.2) is 13.7 Å². The van der Waals surface area contributed by atoms with Gasteiger partial charge in [-0.15, -0.1) is 4.33 Å². The number of rotatable bonds is 11. The standard InChI is InChI=1S/C10H15N3O8S2/c11-8-1-2-9(10(7-8)13(14)15)12-3-5-23(17,18)6-4-19-22-21-20-16/h1-2,7,12,16H,3-6,11H2. The van der Waals surface area contributed by atoms with E-state index in [0.717, 1.165) is 0 Å². The van der Waals surface area contributed by atoms with Crippen molar-refractivity contribution < 1.29 is 32.2 Å². The first-order valence-corrected chi connectivity index (χ1v) is 8.59. The fourth-order valence-corrected chi connectivity index (χ4v) is 2.80. The van der Waals surface area contributed by atoms with Crippen LogP contribution in [0.3, 0.4) is 0 Å². The van der Waals surface area contributed by atoms with Crippen LogP contribution in [0.25, 0.3) is 0 Å². The van der Waals surface area contributed by atoms with Gasteiger partial charge in [0.2, 0.25) is 0 Å². The summed E-state index contributed by atoms with van der Waals surface area (Å²) >= 11 is 0.282. The third-order valence-electron chi connectivity index (χ3n) is 2.53. The van der Waals surface area contributed by atoms with Gasteiger partial charge in [0.15, 0.2) is 22.2 Å². The van der Waals surface area contributed by atoms with Crippen molar-refractivity contribution in [3.63, 3.8) is 0 Å². The molecule has 1 rings (SSSR count). The van der Waals surface area contributed by atoms with Crippen molar-refractivity contribution in [2.45, 2.75) is 0 Å². The summed E-state index contributed by atoms with van der Waals surface area (Å²) in [6.45, 7) is -0.200. The molecule has 1 aromatic rings. The molecule has 13 heteroatoms. The van der Waals surface area contributed by atoms with Gasteiger partial charge in [0.1, 0.15) is 5.69 Å². The highest BCUT2D eigenvalue weighted by molar-refractivity contribution is 7.91. The molecule has 0 aliphatic heterocycles. The summed E-state index contributed by atoms with van der Waals surface area (Å²) < 4.78 is 32.0. The average Bonchev–Trinajstić information content (AvgIpc) is 2.48. The molecule has 23 heavy (non-hydrogen) atoms. The van der Waals surface area contributed by atoms with Crippen LogP contribution >= 0.6 is 12.3 Å². The van der Waals surface area contributed by atoms with E-state index in [1.54, 1.807) is 0 Å². The monoisotopic (exact) mass is 369 g/mol. The number of anilines is 2. The van der Waals surface area contributed by atoms with Gasteiger partial charge >= 0.3 is 0 Å². The maximum absolute atomic E-state index is 11.7. The summed E-state index contributed by atoms with van der Waals surface area (Å²) in [5.41, 5.74) is 5.66. The average molecular weight is 369 g/mol. The van der Waals surface area contributed by atoms with Crippen LogP contribution in [0.4, 0.5) is 17.1 Å². The number of nitro groups is 1. The summed E-state index contributed by atoms with van der Waals surface area (Å²) in [4.78, 5) is 10.3. The summed E-state index contributed by atoms with van der Waals surface area (Å²) in [5, 5.41) is 24.6. The molecule has 0 aromatic heterocycles. The molecule has 0 spiro atoms. The lowest BCUT2D eigenvalue weighted by Crippen LogP contribution is -2.20. The predicted molar refractivity (Wildman–Crippen MR) is 83.0 cm³/mol. The predicted octanol–water partition coefficient (Wildman–Crippen LogP) is 1.00. The highest BCUT2D eigenvalue weighted by Crippen LogP contribution is 2.26. The summed E-state index contributed by atoms with van der Waals surface area (Å²) in [7, 11) is -3.43. The zero-order valence-corrected chi connectivity index (χ0v) is 13.3. The Bertz CT molecular complexity index is 625. The zero-order chi connectivity index (χ0) is 17.3. The Kier molecular flexibility index (Phi) is 8.01. The smallest absolute Gasteiger partial charge is 0.294 e. The van der Waals surface area contributed by atoms with Crippen molar-refractivity contribution in [2.24, 2.45) is 0 Å². The lowest BCUT2D eigenvalue weighted by molar-refractivity contribution is -0.434. The van der Waals surface area contributed by atoms with E-state index in [1.165, 1.54) is 18.2 Å². The SMILES string of the molecule is Nc1ccc(NCCS(=O)(=O)CCOSOOO)c([N+](=O)[O-])c1. The van der Waals surface area contributed by atoms with Crippen molar-refractivity contribution in [3.05, 3.63) is 28.3 Å². The lowest BCUT2D eigenvalue weighted by atomic mass is 10.2. The van der Waals surface area contributed by atoms with Gasteiger partial charge in [0, 0.05) is 18.3 Å². The Morgan fingerprint density at radius 3 is 2.78 bits per heavy atom. The number of hydrogen-bond donors (Lipinski definition) is 3. The fraction of sp³-hybridized carbons (Fsp3) is 0.400. The highest BCUT2D eigenvalue weighted by Gasteiger charge is 2.15. The first-order chi connectivity index (χ1) is 10.9. The summed E-state index contributed by atoms with van der Waals surface area (Å²) in [5.74, 6) is -0.541. The van der Waals surface area contributed by atoms with Gasteiger partial charge < -0.3 is 11.1 Å². The molecule has 1 aromatic carbocycles. The maximum Gasteiger partial charge on any atom is 0.294 e. The van der Waals surface area contributed by atoms with E-state index in [4.69, 9.17) is 11.0 Å². The maximum atomic E-state index is 11.7. The third kappa shape index (κ3) is 7.45. The fourth-order valence-electron chi connectivity index (χ4n) is 1.52. The van der Waals surface area contributed by atoms with E-state index in [-0.39, 0.29) is 54.0 Å². The highest BCUT2D eigenvalue weighted by atomic mass is 32.2. The molecule has 0 atom stereocenters. The van der Waals surface area contributed by atoms with Crippen LogP contribution in [0.1, 0.15) is 0 Å². The molecule has 0 unspecified atom stereocenters. The number of sulfone groups is 1. The minimum atomic E-state index is -3.43. The number of nitro benzene ring substituents is 1. The molecule has 4 N–H and O–H groups in total. The number of nitrogens with zero attached hydrogens (tertiary/aromatic N) is 1. The zero-order valence-electron chi connectivity index (χ0n) is 11.7. The normalized spacial score (nSPS) is 11.3. The van der Waals surface area contributed by atoms with Gasteiger partial charge in [-0.1, -0.05) is 5.04 Å².